The Bertz CT molecular complexity index is 400. The number of rotatable bonds is 1. The molecule has 2 aliphatic heterocycles. The van der Waals surface area contributed by atoms with Crippen LogP contribution in [0.5, 0.6) is 0 Å². The monoisotopic (exact) mass is 219 g/mol. The third-order valence-electron chi connectivity index (χ3n) is 2.92. The smallest absolute Gasteiger partial charge is 0.227 e. The van der Waals surface area contributed by atoms with Crippen LogP contribution in [0.2, 0.25) is 0 Å². The summed E-state index contributed by atoms with van der Waals surface area (Å²) in [6, 6.07) is 1.53. The largest absolute Gasteiger partial charge is 0.480 e. The molecule has 0 aromatic carbocycles. The summed E-state index contributed by atoms with van der Waals surface area (Å²) >= 11 is 0. The normalized spacial score (nSPS) is 29.4. The van der Waals surface area contributed by atoms with Crippen LogP contribution in [0.4, 0.5) is 0 Å². The molecule has 0 aromatic heterocycles. The number of dihydropyridines is 1. The van der Waals surface area contributed by atoms with Gasteiger partial charge in [0.25, 0.3) is 0 Å². The number of nitrogens with one attached hydrogen (secondary N) is 1. The maximum Gasteiger partial charge on any atom is 0.227 e. The van der Waals surface area contributed by atoms with E-state index in [2.05, 4.69) is 10.3 Å². The molecule has 2 atom stereocenters. The van der Waals surface area contributed by atoms with Crippen molar-refractivity contribution in [3.63, 3.8) is 0 Å². The van der Waals surface area contributed by atoms with E-state index in [0.29, 0.717) is 0 Å². The van der Waals surface area contributed by atoms with Gasteiger partial charge in [0.2, 0.25) is 5.90 Å². The van der Waals surface area contributed by atoms with E-state index in [9.17, 15) is 4.79 Å². The number of ketones is 1. The van der Waals surface area contributed by atoms with E-state index >= 15 is 0 Å². The molecule has 1 fully saturated rings. The van der Waals surface area contributed by atoms with Crippen molar-refractivity contribution in [2.75, 3.05) is 20.2 Å². The highest BCUT2D eigenvalue weighted by Gasteiger charge is 2.33. The molecule has 0 spiro atoms. The Kier molecular flexibility index (Phi) is 3.02. The third kappa shape index (κ3) is 1.84. The van der Waals surface area contributed by atoms with E-state index in [1.165, 1.54) is 13.2 Å². The van der Waals surface area contributed by atoms with Crippen LogP contribution in [-0.2, 0) is 9.53 Å². The number of aliphatic imine (C=N–C) groups is 1. The van der Waals surface area contributed by atoms with Crippen LogP contribution < -0.4 is 5.32 Å². The molecule has 84 valence electrons. The van der Waals surface area contributed by atoms with Crippen molar-refractivity contribution in [3.8, 4) is 6.07 Å². The summed E-state index contributed by atoms with van der Waals surface area (Å²) in [6.07, 6.45) is 2.28. The molecular formula is C11H13N3O2. The minimum atomic E-state index is -0.387. The van der Waals surface area contributed by atoms with Gasteiger partial charge in [-0.05, 0) is 13.0 Å². The molecule has 0 bridgehead atoms. The second-order valence-electron chi connectivity index (χ2n) is 3.91. The van der Waals surface area contributed by atoms with Gasteiger partial charge in [-0.25, -0.2) is 4.99 Å². The van der Waals surface area contributed by atoms with Gasteiger partial charge in [-0.1, -0.05) is 0 Å². The Morgan fingerprint density at radius 1 is 1.69 bits per heavy atom. The molecule has 0 aliphatic carbocycles. The molecule has 2 rings (SSSR count). The van der Waals surface area contributed by atoms with Gasteiger partial charge in [-0.15, -0.1) is 0 Å². The summed E-state index contributed by atoms with van der Waals surface area (Å²) in [4.78, 5) is 16.0. The second-order valence-corrected chi connectivity index (χ2v) is 3.91. The number of hydrogen-bond acceptors (Lipinski definition) is 5. The lowest BCUT2D eigenvalue weighted by atomic mass is 9.93. The zero-order valence-corrected chi connectivity index (χ0v) is 9.06. The molecule has 1 N–H and O–H groups in total. The van der Waals surface area contributed by atoms with Gasteiger partial charge in [-0.2, -0.15) is 5.26 Å². The van der Waals surface area contributed by atoms with Crippen molar-refractivity contribution >= 4 is 11.7 Å². The summed E-state index contributed by atoms with van der Waals surface area (Å²) in [5.74, 6) is 0.402. The first-order chi connectivity index (χ1) is 7.76. The number of nitriles is 1. The predicted octanol–water partition coefficient (Wildman–Crippen LogP) is 0.0421. The van der Waals surface area contributed by atoms with Gasteiger partial charge in [0, 0.05) is 18.5 Å². The molecule has 2 unspecified atom stereocenters. The highest BCUT2D eigenvalue weighted by atomic mass is 16.5. The van der Waals surface area contributed by atoms with Crippen molar-refractivity contribution < 1.29 is 9.53 Å². The fourth-order valence-electron chi connectivity index (χ4n) is 2.08. The predicted molar refractivity (Wildman–Crippen MR) is 57.9 cm³/mol. The summed E-state index contributed by atoms with van der Waals surface area (Å²) in [6.45, 7) is 1.72. The Morgan fingerprint density at radius 2 is 2.50 bits per heavy atom. The number of nitrogens with zero attached hydrogens (tertiary/aromatic N) is 2. The maximum atomic E-state index is 11.8. The Balaban J connectivity index is 2.23. The number of carbonyl (C=O) groups excluding carboxylic acids is 1. The quantitative estimate of drug-likeness (QED) is 0.675. The first-order valence-electron chi connectivity index (χ1n) is 5.24. The van der Waals surface area contributed by atoms with Crippen LogP contribution in [0.1, 0.15) is 6.42 Å². The number of ether oxygens (including phenoxy) is 1. The lowest BCUT2D eigenvalue weighted by Crippen LogP contribution is -2.33. The average Bonchev–Trinajstić information content (AvgIpc) is 2.82. The number of carbonyl (C=O) groups is 1. The standard InChI is InChI=1S/C11H13N3O2/c1-16-11-8(5-12)4-9(15)10(14-11)7-2-3-13-6-7/h4,7,10,13H,2-3,6H2,1H3. The van der Waals surface area contributed by atoms with Gasteiger partial charge < -0.3 is 10.1 Å². The minimum absolute atomic E-state index is 0.0916. The molecular weight excluding hydrogens is 206 g/mol. The maximum absolute atomic E-state index is 11.8. The molecule has 5 nitrogen and oxygen atoms in total. The van der Waals surface area contributed by atoms with E-state index in [4.69, 9.17) is 10.00 Å². The van der Waals surface area contributed by atoms with E-state index < -0.39 is 0 Å². The van der Waals surface area contributed by atoms with Crippen molar-refractivity contribution in [2.24, 2.45) is 10.9 Å². The van der Waals surface area contributed by atoms with Crippen molar-refractivity contribution in [3.05, 3.63) is 11.6 Å². The van der Waals surface area contributed by atoms with E-state index in [1.54, 1.807) is 0 Å². The molecule has 0 aromatic rings. The zero-order chi connectivity index (χ0) is 11.5. The summed E-state index contributed by atoms with van der Waals surface area (Å²) in [7, 11) is 1.46. The second kappa shape index (κ2) is 4.45. The Morgan fingerprint density at radius 3 is 3.06 bits per heavy atom. The van der Waals surface area contributed by atoms with Gasteiger partial charge in [0.1, 0.15) is 17.7 Å². The van der Waals surface area contributed by atoms with Crippen LogP contribution in [0.25, 0.3) is 0 Å². The van der Waals surface area contributed by atoms with Gasteiger partial charge in [0.05, 0.1) is 7.11 Å². The Labute approximate surface area is 93.8 Å². The highest BCUT2D eigenvalue weighted by molar-refractivity contribution is 6.10. The van der Waals surface area contributed by atoms with Crippen LogP contribution in [-0.4, -0.2) is 37.9 Å². The van der Waals surface area contributed by atoms with E-state index in [1.807, 2.05) is 6.07 Å². The number of methoxy groups -OCH3 is 1. The molecule has 2 heterocycles. The van der Waals surface area contributed by atoms with Crippen LogP contribution >= 0.6 is 0 Å². The van der Waals surface area contributed by atoms with E-state index in [-0.39, 0.29) is 29.2 Å². The van der Waals surface area contributed by atoms with Crippen molar-refractivity contribution in [1.82, 2.24) is 5.32 Å². The molecule has 2 aliphatic rings. The fourth-order valence-corrected chi connectivity index (χ4v) is 2.08. The van der Waals surface area contributed by atoms with Crippen LogP contribution in [0, 0.1) is 17.2 Å². The minimum Gasteiger partial charge on any atom is -0.480 e. The summed E-state index contributed by atoms with van der Waals surface area (Å²) < 4.78 is 5.02. The molecule has 0 saturated carbocycles. The topological polar surface area (TPSA) is 74.5 Å². The van der Waals surface area contributed by atoms with Crippen LogP contribution in [0.3, 0.4) is 0 Å². The molecule has 0 amide bonds. The SMILES string of the molecule is COC1=NC(C2CCNC2)C(=O)C=C1C#N. The lowest BCUT2D eigenvalue weighted by Gasteiger charge is -2.20. The van der Waals surface area contributed by atoms with Crippen molar-refractivity contribution in [2.45, 2.75) is 12.5 Å². The molecule has 5 heteroatoms. The van der Waals surface area contributed by atoms with Gasteiger partial charge in [0.15, 0.2) is 5.78 Å². The summed E-state index contributed by atoms with van der Waals surface area (Å²) in [5, 5.41) is 12.0. The molecule has 0 radical (unpaired) electrons. The lowest BCUT2D eigenvalue weighted by molar-refractivity contribution is -0.116. The zero-order valence-electron chi connectivity index (χ0n) is 9.06. The fraction of sp³-hybridized carbons (Fsp3) is 0.545. The molecule has 1 saturated heterocycles. The van der Waals surface area contributed by atoms with Crippen LogP contribution in [0.15, 0.2) is 16.6 Å². The molecule has 16 heavy (non-hydrogen) atoms. The Hall–Kier alpha value is -1.67. The number of hydrogen-bond donors (Lipinski definition) is 1. The first-order valence-corrected chi connectivity index (χ1v) is 5.24. The first kappa shape index (κ1) is 10.8. The van der Waals surface area contributed by atoms with Gasteiger partial charge in [-0.3, -0.25) is 4.79 Å². The third-order valence-corrected chi connectivity index (χ3v) is 2.92. The van der Waals surface area contributed by atoms with Gasteiger partial charge >= 0.3 is 0 Å². The summed E-state index contributed by atoms with van der Waals surface area (Å²) in [5.41, 5.74) is 0.217. The highest BCUT2D eigenvalue weighted by Crippen LogP contribution is 2.21. The average molecular weight is 219 g/mol. The van der Waals surface area contributed by atoms with Crippen molar-refractivity contribution in [1.29, 1.82) is 5.26 Å². The van der Waals surface area contributed by atoms with E-state index in [0.717, 1.165) is 19.5 Å².